The van der Waals surface area contributed by atoms with Crippen molar-refractivity contribution in [1.29, 1.82) is 0 Å². The SMILES string of the molecule is CCCCC(CNC(=O)OC(C)(C)C)N=C(N)Nc1ccccc1OC.I. The fourth-order valence-electron chi connectivity index (χ4n) is 2.28. The minimum Gasteiger partial charge on any atom is -0.495 e. The van der Waals surface area contributed by atoms with Gasteiger partial charge in [0.2, 0.25) is 0 Å². The van der Waals surface area contributed by atoms with Crippen LogP contribution in [0.15, 0.2) is 29.3 Å². The van der Waals surface area contributed by atoms with E-state index in [0.29, 0.717) is 12.3 Å². The summed E-state index contributed by atoms with van der Waals surface area (Å²) in [6.45, 7) is 7.96. The van der Waals surface area contributed by atoms with Gasteiger partial charge in [-0.2, -0.15) is 0 Å². The van der Waals surface area contributed by atoms with Gasteiger partial charge < -0.3 is 25.8 Å². The molecular weight excluding hydrogens is 459 g/mol. The molecule has 1 aromatic carbocycles. The van der Waals surface area contributed by atoms with Crippen molar-refractivity contribution in [1.82, 2.24) is 5.32 Å². The van der Waals surface area contributed by atoms with Crippen LogP contribution >= 0.6 is 24.0 Å². The molecule has 1 rings (SSSR count). The molecule has 0 aliphatic heterocycles. The smallest absolute Gasteiger partial charge is 0.407 e. The van der Waals surface area contributed by atoms with E-state index in [-0.39, 0.29) is 36.0 Å². The summed E-state index contributed by atoms with van der Waals surface area (Å²) in [6, 6.07) is 7.34. The number of nitrogens with one attached hydrogen (secondary N) is 2. The number of halogens is 1. The first-order chi connectivity index (χ1) is 12.2. The van der Waals surface area contributed by atoms with Gasteiger partial charge in [-0.05, 0) is 39.3 Å². The fourth-order valence-corrected chi connectivity index (χ4v) is 2.28. The number of para-hydroxylation sites is 2. The van der Waals surface area contributed by atoms with Crippen molar-refractivity contribution in [2.45, 2.75) is 58.6 Å². The van der Waals surface area contributed by atoms with Crippen LogP contribution in [0.5, 0.6) is 5.75 Å². The molecule has 0 aliphatic carbocycles. The van der Waals surface area contributed by atoms with Gasteiger partial charge >= 0.3 is 6.09 Å². The lowest BCUT2D eigenvalue weighted by Crippen LogP contribution is -2.37. The monoisotopic (exact) mass is 492 g/mol. The van der Waals surface area contributed by atoms with Crippen LogP contribution in [-0.2, 0) is 4.74 Å². The number of hydrogen-bond donors (Lipinski definition) is 3. The third-order valence-corrected chi connectivity index (χ3v) is 3.46. The highest BCUT2D eigenvalue weighted by atomic mass is 127. The first-order valence-electron chi connectivity index (χ1n) is 8.95. The molecule has 0 saturated heterocycles. The molecule has 0 radical (unpaired) electrons. The summed E-state index contributed by atoms with van der Waals surface area (Å²) in [5.41, 5.74) is 6.26. The zero-order chi connectivity index (χ0) is 19.6. The van der Waals surface area contributed by atoms with E-state index in [9.17, 15) is 4.79 Å². The summed E-state index contributed by atoms with van der Waals surface area (Å²) in [6.07, 6.45) is 2.40. The molecule has 1 aromatic rings. The third-order valence-electron chi connectivity index (χ3n) is 3.46. The van der Waals surface area contributed by atoms with Crippen molar-refractivity contribution in [3.63, 3.8) is 0 Å². The number of unbranched alkanes of at least 4 members (excludes halogenated alkanes) is 1. The number of anilines is 1. The molecule has 0 aliphatic rings. The molecule has 1 atom stereocenters. The van der Waals surface area contributed by atoms with E-state index in [4.69, 9.17) is 15.2 Å². The number of nitrogens with zero attached hydrogens (tertiary/aromatic N) is 1. The number of hydrogen-bond acceptors (Lipinski definition) is 4. The number of alkyl carbamates (subject to hydrolysis) is 1. The minimum atomic E-state index is -0.531. The van der Waals surface area contributed by atoms with E-state index < -0.39 is 11.7 Å². The Bertz CT molecular complexity index is 603. The van der Waals surface area contributed by atoms with Gasteiger partial charge in [-0.15, -0.1) is 24.0 Å². The van der Waals surface area contributed by atoms with Crippen molar-refractivity contribution >= 4 is 41.7 Å². The summed E-state index contributed by atoms with van der Waals surface area (Å²) in [5, 5.41) is 5.82. The van der Waals surface area contributed by atoms with Gasteiger partial charge in [-0.25, -0.2) is 9.79 Å². The number of ether oxygens (including phenoxy) is 2. The van der Waals surface area contributed by atoms with E-state index >= 15 is 0 Å². The summed E-state index contributed by atoms with van der Waals surface area (Å²) in [4.78, 5) is 16.4. The normalized spacial score (nSPS) is 12.6. The highest BCUT2D eigenvalue weighted by Gasteiger charge is 2.17. The number of guanidine groups is 1. The number of benzene rings is 1. The minimum absolute atomic E-state index is 0. The zero-order valence-electron chi connectivity index (χ0n) is 16.9. The van der Waals surface area contributed by atoms with Gasteiger partial charge in [-0.3, -0.25) is 0 Å². The molecule has 154 valence electrons. The second-order valence-corrected chi connectivity index (χ2v) is 7.02. The van der Waals surface area contributed by atoms with Crippen molar-refractivity contribution in [3.8, 4) is 5.75 Å². The predicted molar refractivity (Wildman–Crippen MR) is 121 cm³/mol. The topological polar surface area (TPSA) is 98.0 Å². The van der Waals surface area contributed by atoms with Gasteiger partial charge in [0.1, 0.15) is 11.4 Å². The number of carbonyl (C=O) groups excluding carboxylic acids is 1. The lowest BCUT2D eigenvalue weighted by Gasteiger charge is -2.21. The second kappa shape index (κ2) is 12.6. The van der Waals surface area contributed by atoms with Crippen LogP contribution in [0.4, 0.5) is 10.5 Å². The standard InChI is InChI=1S/C19H32N4O3.HI/c1-6-7-10-14(13-21-18(24)26-19(2,3)4)22-17(20)23-15-11-8-9-12-16(15)25-5;/h8-9,11-12,14H,6-7,10,13H2,1-5H3,(H,21,24)(H3,20,22,23);1H. The van der Waals surface area contributed by atoms with Crippen LogP contribution in [0.1, 0.15) is 47.0 Å². The number of nitrogens with two attached hydrogens (primary N) is 1. The van der Waals surface area contributed by atoms with E-state index in [2.05, 4.69) is 22.5 Å². The van der Waals surface area contributed by atoms with E-state index in [1.807, 2.05) is 45.0 Å². The number of amides is 1. The van der Waals surface area contributed by atoms with E-state index in [0.717, 1.165) is 24.9 Å². The van der Waals surface area contributed by atoms with Crippen LogP contribution in [0.25, 0.3) is 0 Å². The zero-order valence-corrected chi connectivity index (χ0v) is 19.2. The Balaban J connectivity index is 0.00000676. The molecule has 1 amide bonds. The van der Waals surface area contributed by atoms with Crippen LogP contribution in [0, 0.1) is 0 Å². The molecule has 0 spiro atoms. The average Bonchev–Trinajstić information content (AvgIpc) is 2.56. The van der Waals surface area contributed by atoms with Crippen molar-refractivity contribution < 1.29 is 14.3 Å². The molecule has 0 heterocycles. The average molecular weight is 492 g/mol. The third kappa shape index (κ3) is 10.9. The van der Waals surface area contributed by atoms with Gasteiger partial charge in [0.25, 0.3) is 0 Å². The van der Waals surface area contributed by atoms with Crippen molar-refractivity contribution in [2.75, 3.05) is 19.0 Å². The molecule has 0 fully saturated rings. The van der Waals surface area contributed by atoms with Crippen LogP contribution in [0.2, 0.25) is 0 Å². The molecule has 1 unspecified atom stereocenters. The highest BCUT2D eigenvalue weighted by Crippen LogP contribution is 2.22. The summed E-state index contributed by atoms with van der Waals surface area (Å²) in [7, 11) is 1.60. The molecule has 0 saturated carbocycles. The Hall–Kier alpha value is -1.71. The first kappa shape index (κ1) is 25.3. The Morgan fingerprint density at radius 2 is 1.96 bits per heavy atom. The molecule has 8 heteroatoms. The first-order valence-corrected chi connectivity index (χ1v) is 8.95. The quantitative estimate of drug-likeness (QED) is 0.288. The number of methoxy groups -OCH3 is 1. The highest BCUT2D eigenvalue weighted by molar-refractivity contribution is 14.0. The Kier molecular flexibility index (Phi) is 11.8. The second-order valence-electron chi connectivity index (χ2n) is 7.02. The van der Waals surface area contributed by atoms with Crippen molar-refractivity contribution in [2.24, 2.45) is 10.7 Å². The molecule has 0 bridgehead atoms. The lowest BCUT2D eigenvalue weighted by molar-refractivity contribution is 0.0524. The predicted octanol–water partition coefficient (Wildman–Crippen LogP) is 4.12. The van der Waals surface area contributed by atoms with Crippen LogP contribution < -0.4 is 21.1 Å². The van der Waals surface area contributed by atoms with Crippen LogP contribution in [-0.4, -0.2) is 37.4 Å². The number of rotatable bonds is 8. The maximum Gasteiger partial charge on any atom is 0.407 e. The Morgan fingerprint density at radius 1 is 1.30 bits per heavy atom. The molecular formula is C19H33IN4O3. The Morgan fingerprint density at radius 3 is 2.56 bits per heavy atom. The molecule has 7 nitrogen and oxygen atoms in total. The van der Waals surface area contributed by atoms with Gasteiger partial charge in [-0.1, -0.05) is 31.9 Å². The van der Waals surface area contributed by atoms with E-state index in [1.54, 1.807) is 7.11 Å². The largest absolute Gasteiger partial charge is 0.495 e. The fraction of sp³-hybridized carbons (Fsp3) is 0.579. The number of aliphatic imine (C=N–C) groups is 1. The van der Waals surface area contributed by atoms with Crippen molar-refractivity contribution in [3.05, 3.63) is 24.3 Å². The maximum atomic E-state index is 11.9. The molecule has 4 N–H and O–H groups in total. The summed E-state index contributed by atoms with van der Waals surface area (Å²) < 4.78 is 10.6. The lowest BCUT2D eigenvalue weighted by atomic mass is 10.1. The number of carbonyl (C=O) groups is 1. The van der Waals surface area contributed by atoms with E-state index in [1.165, 1.54) is 0 Å². The maximum absolute atomic E-state index is 11.9. The molecule has 27 heavy (non-hydrogen) atoms. The van der Waals surface area contributed by atoms with Crippen LogP contribution in [0.3, 0.4) is 0 Å². The van der Waals surface area contributed by atoms with Gasteiger partial charge in [0.15, 0.2) is 5.96 Å². The molecule has 0 aromatic heterocycles. The van der Waals surface area contributed by atoms with Gasteiger partial charge in [0.05, 0.1) is 18.8 Å². The Labute approximate surface area is 179 Å². The summed E-state index contributed by atoms with van der Waals surface area (Å²) in [5.74, 6) is 0.962. The summed E-state index contributed by atoms with van der Waals surface area (Å²) >= 11 is 0. The van der Waals surface area contributed by atoms with Gasteiger partial charge in [0, 0.05) is 6.54 Å².